The molecular weight excluding hydrogens is 431 g/mol. The van der Waals surface area contributed by atoms with Crippen molar-refractivity contribution in [2.45, 2.75) is 64.5 Å². The number of fused-ring (bicyclic) bond motifs is 2. The molecule has 1 aromatic carbocycles. The van der Waals surface area contributed by atoms with Gasteiger partial charge in [-0.05, 0) is 68.4 Å². The van der Waals surface area contributed by atoms with Gasteiger partial charge >= 0.3 is 6.03 Å². The third-order valence-corrected chi connectivity index (χ3v) is 7.05. The molecule has 2 aromatic heterocycles. The molecule has 0 spiro atoms. The molecule has 6 rings (SSSR count). The summed E-state index contributed by atoms with van der Waals surface area (Å²) < 4.78 is 20.5. The van der Waals surface area contributed by atoms with Gasteiger partial charge in [0.15, 0.2) is 0 Å². The first kappa shape index (κ1) is 21.1. The molecule has 4 heterocycles. The maximum absolute atomic E-state index is 14.3. The number of anilines is 2. The van der Waals surface area contributed by atoms with E-state index in [1.54, 1.807) is 17.2 Å². The van der Waals surface area contributed by atoms with Crippen LogP contribution in [0.4, 0.5) is 20.6 Å². The number of nitrogens with one attached hydrogen (secondary N) is 1. The van der Waals surface area contributed by atoms with Crippen molar-refractivity contribution >= 4 is 17.4 Å². The van der Waals surface area contributed by atoms with Crippen molar-refractivity contribution in [1.82, 2.24) is 9.97 Å². The van der Waals surface area contributed by atoms with E-state index in [0.29, 0.717) is 30.3 Å². The average Bonchev–Trinajstić information content (AvgIpc) is 3.68. The van der Waals surface area contributed by atoms with Crippen LogP contribution in [0.25, 0.3) is 0 Å². The van der Waals surface area contributed by atoms with Crippen LogP contribution in [0.2, 0.25) is 0 Å². The van der Waals surface area contributed by atoms with E-state index in [-0.39, 0.29) is 11.8 Å². The van der Waals surface area contributed by atoms with E-state index in [2.05, 4.69) is 23.3 Å². The normalized spacial score (nSPS) is 19.2. The zero-order valence-electron chi connectivity index (χ0n) is 19.4. The smallest absolute Gasteiger partial charge is 0.326 e. The predicted molar refractivity (Wildman–Crippen MR) is 128 cm³/mol. The molecule has 0 saturated heterocycles. The number of urea groups is 1. The van der Waals surface area contributed by atoms with Gasteiger partial charge < -0.3 is 10.1 Å². The molecule has 3 aliphatic rings. The number of aryl methyl sites for hydroxylation is 3. The number of ether oxygens (including phenoxy) is 1. The highest BCUT2D eigenvalue weighted by atomic mass is 19.1. The first-order valence-corrected chi connectivity index (χ1v) is 12.0. The van der Waals surface area contributed by atoms with Crippen molar-refractivity contribution in [2.75, 3.05) is 10.2 Å². The summed E-state index contributed by atoms with van der Waals surface area (Å²) >= 11 is 0. The summed E-state index contributed by atoms with van der Waals surface area (Å²) in [4.78, 5) is 24.1. The highest BCUT2D eigenvalue weighted by molar-refractivity contribution is 6.05. The lowest BCUT2D eigenvalue weighted by Crippen LogP contribution is -2.40. The predicted octanol–water partition coefficient (Wildman–Crippen LogP) is 5.98. The number of hydrogen-bond donors (Lipinski definition) is 1. The summed E-state index contributed by atoms with van der Waals surface area (Å²) in [7, 11) is 0. The molecule has 1 saturated carbocycles. The van der Waals surface area contributed by atoms with E-state index in [1.165, 1.54) is 6.07 Å². The zero-order valence-corrected chi connectivity index (χ0v) is 19.4. The van der Waals surface area contributed by atoms with Crippen LogP contribution >= 0.6 is 0 Å². The lowest BCUT2D eigenvalue weighted by Gasteiger charge is -2.33. The highest BCUT2D eigenvalue weighted by Crippen LogP contribution is 2.45. The Morgan fingerprint density at radius 2 is 2.06 bits per heavy atom. The van der Waals surface area contributed by atoms with E-state index < -0.39 is 6.10 Å². The Morgan fingerprint density at radius 3 is 2.82 bits per heavy atom. The molecule has 1 fully saturated rings. The maximum atomic E-state index is 14.3. The molecule has 0 radical (unpaired) electrons. The Kier molecular flexibility index (Phi) is 5.01. The summed E-state index contributed by atoms with van der Waals surface area (Å²) in [6.07, 6.45) is 5.71. The van der Waals surface area contributed by atoms with Crippen LogP contribution in [0.1, 0.15) is 72.0 Å². The number of carbonyl (C=O) groups is 1. The number of halogens is 1. The number of amides is 2. The van der Waals surface area contributed by atoms with Gasteiger partial charge in [-0.25, -0.2) is 9.18 Å². The molecule has 2 amide bonds. The van der Waals surface area contributed by atoms with Crippen LogP contribution in [0.15, 0.2) is 36.5 Å². The molecule has 174 valence electrons. The van der Waals surface area contributed by atoms with E-state index in [1.807, 2.05) is 19.1 Å². The molecule has 1 unspecified atom stereocenters. The Morgan fingerprint density at radius 1 is 1.21 bits per heavy atom. The minimum Gasteiger partial charge on any atom is -0.484 e. The van der Waals surface area contributed by atoms with Crippen LogP contribution in [0, 0.1) is 12.7 Å². The van der Waals surface area contributed by atoms with Crippen LogP contribution in [0.5, 0.6) is 5.75 Å². The molecule has 1 N–H and O–H groups in total. The largest absolute Gasteiger partial charge is 0.484 e. The van der Waals surface area contributed by atoms with Crippen molar-refractivity contribution in [3.05, 3.63) is 76.1 Å². The quantitative estimate of drug-likeness (QED) is 0.522. The average molecular weight is 459 g/mol. The SMILES string of the molecule is CCc1cc2c(c(C3CC3)n1)CN(c1cc3c(cc1C)CCC(c1ncccc1F)O3)C(=O)N2. The number of hydrogen-bond acceptors (Lipinski definition) is 4. The molecule has 7 heteroatoms. The Hall–Kier alpha value is -3.48. The number of pyridine rings is 2. The number of rotatable bonds is 4. The molecule has 6 nitrogen and oxygen atoms in total. The second-order valence-corrected chi connectivity index (χ2v) is 9.43. The molecule has 1 atom stereocenters. The third-order valence-electron chi connectivity index (χ3n) is 7.05. The summed E-state index contributed by atoms with van der Waals surface area (Å²) in [6, 6.07) is 8.84. The summed E-state index contributed by atoms with van der Waals surface area (Å²) in [5.41, 5.74) is 7.32. The molecule has 34 heavy (non-hydrogen) atoms. The van der Waals surface area contributed by atoms with E-state index in [9.17, 15) is 9.18 Å². The molecular formula is C27H27FN4O2. The van der Waals surface area contributed by atoms with E-state index >= 15 is 0 Å². The number of nitrogens with zero attached hydrogens (tertiary/aromatic N) is 3. The number of benzene rings is 1. The molecule has 3 aromatic rings. The zero-order chi connectivity index (χ0) is 23.4. The monoisotopic (exact) mass is 458 g/mol. The van der Waals surface area contributed by atoms with Gasteiger partial charge in [-0.1, -0.05) is 13.0 Å². The van der Waals surface area contributed by atoms with Crippen molar-refractivity contribution in [3.63, 3.8) is 0 Å². The lowest BCUT2D eigenvalue weighted by atomic mass is 9.96. The van der Waals surface area contributed by atoms with Gasteiger partial charge in [-0.3, -0.25) is 14.9 Å². The summed E-state index contributed by atoms with van der Waals surface area (Å²) in [5, 5.41) is 3.10. The fraction of sp³-hybridized carbons (Fsp3) is 0.370. The minimum absolute atomic E-state index is 0.159. The second kappa shape index (κ2) is 8.08. The Bertz CT molecular complexity index is 1300. The van der Waals surface area contributed by atoms with Gasteiger partial charge in [0.2, 0.25) is 0 Å². The van der Waals surface area contributed by atoms with Gasteiger partial charge in [-0.15, -0.1) is 0 Å². The van der Waals surface area contributed by atoms with Crippen molar-refractivity contribution < 1.29 is 13.9 Å². The van der Waals surface area contributed by atoms with Gasteiger partial charge in [-0.2, -0.15) is 0 Å². The van der Waals surface area contributed by atoms with Crippen molar-refractivity contribution in [1.29, 1.82) is 0 Å². The lowest BCUT2D eigenvalue weighted by molar-refractivity contribution is 0.167. The van der Waals surface area contributed by atoms with Crippen LogP contribution in [-0.2, 0) is 19.4 Å². The van der Waals surface area contributed by atoms with Crippen molar-refractivity contribution in [2.24, 2.45) is 0 Å². The first-order valence-electron chi connectivity index (χ1n) is 12.0. The minimum atomic E-state index is -0.446. The summed E-state index contributed by atoms with van der Waals surface area (Å²) in [6.45, 7) is 4.58. The van der Waals surface area contributed by atoms with Crippen LogP contribution in [0.3, 0.4) is 0 Å². The fourth-order valence-electron chi connectivity index (χ4n) is 5.07. The standard InChI is InChI=1S/C27H27FN4O2/c1-3-18-12-21-19(25(30-18)16-6-7-16)14-32(27(33)31-21)22-13-24-17(11-15(22)2)8-9-23(34-24)26-20(28)5-4-10-29-26/h4-5,10-13,16,23H,3,6-9,14H2,1-2H3,(H,31,33). The van der Waals surface area contributed by atoms with E-state index in [0.717, 1.165) is 65.1 Å². The maximum Gasteiger partial charge on any atom is 0.326 e. The third kappa shape index (κ3) is 3.59. The van der Waals surface area contributed by atoms with Crippen LogP contribution in [-0.4, -0.2) is 16.0 Å². The van der Waals surface area contributed by atoms with Gasteiger partial charge in [0.25, 0.3) is 0 Å². The second-order valence-electron chi connectivity index (χ2n) is 9.43. The number of aromatic nitrogens is 2. The number of carbonyl (C=O) groups excluding carboxylic acids is 1. The summed E-state index contributed by atoms with van der Waals surface area (Å²) in [5.74, 6) is 0.809. The molecule has 0 bridgehead atoms. The van der Waals surface area contributed by atoms with Gasteiger partial charge in [0, 0.05) is 29.4 Å². The van der Waals surface area contributed by atoms with Gasteiger partial charge in [0.1, 0.15) is 23.4 Å². The van der Waals surface area contributed by atoms with Crippen molar-refractivity contribution in [3.8, 4) is 5.75 Å². The Labute approximate surface area is 198 Å². The molecule has 2 aliphatic heterocycles. The molecule has 1 aliphatic carbocycles. The van der Waals surface area contributed by atoms with Gasteiger partial charge in [0.05, 0.1) is 23.6 Å². The highest BCUT2D eigenvalue weighted by Gasteiger charge is 2.35. The first-order chi connectivity index (χ1) is 16.5. The topological polar surface area (TPSA) is 67.3 Å². The van der Waals surface area contributed by atoms with E-state index in [4.69, 9.17) is 9.72 Å². The fourth-order valence-corrected chi connectivity index (χ4v) is 5.07. The Balaban J connectivity index is 1.35. The van der Waals surface area contributed by atoms with Crippen LogP contribution < -0.4 is 15.0 Å².